The van der Waals surface area contributed by atoms with Gasteiger partial charge in [0.15, 0.2) is 11.0 Å². The van der Waals surface area contributed by atoms with Gasteiger partial charge in [-0.1, -0.05) is 17.8 Å². The number of amidine groups is 2. The van der Waals surface area contributed by atoms with Crippen LogP contribution in [-0.2, 0) is 4.74 Å². The molecule has 1 aliphatic heterocycles. The van der Waals surface area contributed by atoms with Gasteiger partial charge < -0.3 is 10.1 Å². The number of hydrogen-bond acceptors (Lipinski definition) is 4. The summed E-state index contributed by atoms with van der Waals surface area (Å²) < 4.78 is 5.67. The van der Waals surface area contributed by atoms with Gasteiger partial charge in [0.05, 0.1) is 6.10 Å². The van der Waals surface area contributed by atoms with Crippen molar-refractivity contribution in [2.75, 3.05) is 12.9 Å². The monoisotopic (exact) mass is 322 g/mol. The van der Waals surface area contributed by atoms with Crippen molar-refractivity contribution in [2.24, 2.45) is 9.98 Å². The highest BCUT2D eigenvalue weighted by Crippen LogP contribution is 2.17. The van der Waals surface area contributed by atoms with Crippen LogP contribution in [0, 0.1) is 5.41 Å². The van der Waals surface area contributed by atoms with Crippen molar-refractivity contribution in [3.8, 4) is 0 Å². The molecule has 0 spiro atoms. The molecule has 0 bridgehead atoms. The van der Waals surface area contributed by atoms with Crippen molar-refractivity contribution < 1.29 is 4.74 Å². The van der Waals surface area contributed by atoms with Crippen LogP contribution in [0.4, 0.5) is 0 Å². The SMILES string of the molecule is C/C=C1/C=C([C@@H](C)OCC)NC(=NC(C)C)C1=NC(=N)SC. The second-order valence-corrected chi connectivity index (χ2v) is 5.90. The molecule has 6 heteroatoms. The maximum Gasteiger partial charge on any atom is 0.180 e. The van der Waals surface area contributed by atoms with Gasteiger partial charge in [-0.2, -0.15) is 0 Å². The molecule has 1 heterocycles. The number of thioether (sulfide) groups is 1. The topological polar surface area (TPSA) is 69.8 Å². The standard InChI is InChI=1S/C16H26N4OS/c1-7-12-9-13(11(5)21-8-2)19-15(18-10(3)4)14(12)20-16(17)22-6/h7,9-11,17H,8H2,1-6H3,(H,18,19)/b12-7-,17-16?,20-14?/t11-/m1/s1. The summed E-state index contributed by atoms with van der Waals surface area (Å²) in [7, 11) is 0. The summed E-state index contributed by atoms with van der Waals surface area (Å²) in [6.07, 6.45) is 5.81. The first-order chi connectivity index (χ1) is 10.4. The molecule has 0 saturated heterocycles. The number of allylic oxidation sites excluding steroid dienone is 2. The molecule has 2 N–H and O–H groups in total. The Morgan fingerprint density at radius 1 is 1.45 bits per heavy atom. The summed E-state index contributed by atoms with van der Waals surface area (Å²) in [4.78, 5) is 9.02. The lowest BCUT2D eigenvalue weighted by Crippen LogP contribution is -2.40. The Morgan fingerprint density at radius 3 is 2.64 bits per heavy atom. The summed E-state index contributed by atoms with van der Waals surface area (Å²) >= 11 is 1.31. The van der Waals surface area contributed by atoms with Gasteiger partial charge >= 0.3 is 0 Å². The van der Waals surface area contributed by atoms with Crippen LogP contribution in [0.2, 0.25) is 0 Å². The van der Waals surface area contributed by atoms with Crippen molar-refractivity contribution in [3.63, 3.8) is 0 Å². The van der Waals surface area contributed by atoms with E-state index < -0.39 is 0 Å². The Morgan fingerprint density at radius 2 is 2.14 bits per heavy atom. The molecule has 1 aliphatic rings. The minimum absolute atomic E-state index is 0.0427. The fraction of sp³-hybridized carbons (Fsp3) is 0.562. The average Bonchev–Trinajstić information content (AvgIpc) is 2.48. The number of nitrogens with one attached hydrogen (secondary N) is 2. The Balaban J connectivity index is 3.31. The van der Waals surface area contributed by atoms with Crippen molar-refractivity contribution in [3.05, 3.63) is 23.4 Å². The quantitative estimate of drug-likeness (QED) is 0.615. The molecule has 0 amide bonds. The maximum atomic E-state index is 7.83. The predicted molar refractivity (Wildman–Crippen MR) is 97.3 cm³/mol. The molecule has 0 saturated carbocycles. The predicted octanol–water partition coefficient (Wildman–Crippen LogP) is 3.39. The van der Waals surface area contributed by atoms with E-state index in [2.05, 4.69) is 15.3 Å². The molecule has 1 rings (SSSR count). The molecular formula is C16H26N4OS. The molecule has 0 unspecified atom stereocenters. The van der Waals surface area contributed by atoms with E-state index in [4.69, 9.17) is 10.1 Å². The van der Waals surface area contributed by atoms with E-state index in [-0.39, 0.29) is 17.3 Å². The second kappa shape index (κ2) is 8.90. The third kappa shape index (κ3) is 5.10. The Labute approximate surface area is 137 Å². The first-order valence-corrected chi connectivity index (χ1v) is 8.71. The van der Waals surface area contributed by atoms with Gasteiger partial charge in [-0.3, -0.25) is 10.4 Å². The molecule has 1 atom stereocenters. The summed E-state index contributed by atoms with van der Waals surface area (Å²) in [5.41, 5.74) is 2.63. The molecule has 0 aliphatic carbocycles. The van der Waals surface area contributed by atoms with E-state index in [9.17, 15) is 0 Å². The Kier molecular flexibility index (Phi) is 7.55. The Bertz CT molecular complexity index is 532. The van der Waals surface area contributed by atoms with Crippen LogP contribution in [-0.4, -0.2) is 41.7 Å². The highest BCUT2D eigenvalue weighted by molar-refractivity contribution is 8.13. The number of aliphatic imine (C=N–C) groups is 2. The normalized spacial score (nSPS) is 22.1. The molecule has 22 heavy (non-hydrogen) atoms. The van der Waals surface area contributed by atoms with Gasteiger partial charge in [-0.15, -0.1) is 0 Å². The van der Waals surface area contributed by atoms with E-state index in [1.165, 1.54) is 11.8 Å². The van der Waals surface area contributed by atoms with E-state index in [0.29, 0.717) is 18.2 Å². The molecule has 122 valence electrons. The number of ether oxygens (including phenoxy) is 1. The minimum atomic E-state index is -0.0427. The summed E-state index contributed by atoms with van der Waals surface area (Å²) in [6, 6.07) is 0.135. The lowest BCUT2D eigenvalue weighted by atomic mass is 10.0. The van der Waals surface area contributed by atoms with Gasteiger partial charge in [0, 0.05) is 23.9 Å². The van der Waals surface area contributed by atoms with Crippen LogP contribution in [0.1, 0.15) is 34.6 Å². The van der Waals surface area contributed by atoms with E-state index in [1.807, 2.05) is 53.0 Å². The van der Waals surface area contributed by atoms with Crippen LogP contribution in [0.15, 0.2) is 33.4 Å². The smallest absolute Gasteiger partial charge is 0.180 e. The van der Waals surface area contributed by atoms with Crippen LogP contribution in [0.25, 0.3) is 0 Å². The molecule has 0 aromatic heterocycles. The first-order valence-electron chi connectivity index (χ1n) is 7.49. The third-order valence-electron chi connectivity index (χ3n) is 3.03. The Hall–Kier alpha value is -1.40. The van der Waals surface area contributed by atoms with Crippen LogP contribution in [0.3, 0.4) is 0 Å². The molecular weight excluding hydrogens is 296 g/mol. The lowest BCUT2D eigenvalue weighted by molar-refractivity contribution is 0.0983. The highest BCUT2D eigenvalue weighted by atomic mass is 32.2. The average molecular weight is 322 g/mol. The first kappa shape index (κ1) is 18.6. The molecule has 0 fully saturated rings. The van der Waals surface area contributed by atoms with Gasteiger partial charge in [0.1, 0.15) is 5.71 Å². The lowest BCUT2D eigenvalue weighted by Gasteiger charge is -2.26. The van der Waals surface area contributed by atoms with Crippen LogP contribution >= 0.6 is 11.8 Å². The van der Waals surface area contributed by atoms with E-state index in [0.717, 1.165) is 11.3 Å². The minimum Gasteiger partial charge on any atom is -0.373 e. The number of nitrogens with zero attached hydrogens (tertiary/aromatic N) is 2. The zero-order chi connectivity index (χ0) is 16.7. The summed E-state index contributed by atoms with van der Waals surface area (Å²) in [5, 5.41) is 11.4. The van der Waals surface area contributed by atoms with Crippen molar-refractivity contribution in [1.29, 1.82) is 5.41 Å². The summed E-state index contributed by atoms with van der Waals surface area (Å²) in [5.74, 6) is 0.700. The van der Waals surface area contributed by atoms with Crippen LogP contribution < -0.4 is 5.32 Å². The zero-order valence-corrected chi connectivity index (χ0v) is 15.0. The van der Waals surface area contributed by atoms with Crippen molar-refractivity contribution >= 4 is 28.5 Å². The zero-order valence-electron chi connectivity index (χ0n) is 14.2. The van der Waals surface area contributed by atoms with Gasteiger partial charge in [-0.05, 0) is 47.0 Å². The maximum absolute atomic E-state index is 7.83. The van der Waals surface area contributed by atoms with E-state index in [1.54, 1.807) is 0 Å². The molecule has 5 nitrogen and oxygen atoms in total. The van der Waals surface area contributed by atoms with Gasteiger partial charge in [0.25, 0.3) is 0 Å². The van der Waals surface area contributed by atoms with Crippen molar-refractivity contribution in [1.82, 2.24) is 5.32 Å². The number of rotatable bonds is 4. The molecule has 0 aromatic rings. The largest absolute Gasteiger partial charge is 0.373 e. The third-order valence-corrected chi connectivity index (χ3v) is 3.51. The summed E-state index contributed by atoms with van der Waals surface area (Å²) in [6.45, 7) is 10.6. The van der Waals surface area contributed by atoms with Gasteiger partial charge in [-0.25, -0.2) is 4.99 Å². The highest BCUT2D eigenvalue weighted by Gasteiger charge is 2.24. The fourth-order valence-corrected chi connectivity index (χ4v) is 2.18. The van der Waals surface area contributed by atoms with E-state index >= 15 is 0 Å². The fourth-order valence-electron chi connectivity index (χ4n) is 2.00. The van der Waals surface area contributed by atoms with Crippen LogP contribution in [0.5, 0.6) is 0 Å². The molecule has 0 radical (unpaired) electrons. The van der Waals surface area contributed by atoms with Gasteiger partial charge in [0.2, 0.25) is 0 Å². The molecule has 0 aromatic carbocycles. The second-order valence-electron chi connectivity index (χ2n) is 5.11. The number of hydrogen-bond donors (Lipinski definition) is 2. The van der Waals surface area contributed by atoms with Crippen molar-refractivity contribution in [2.45, 2.75) is 46.8 Å².